The highest BCUT2D eigenvalue weighted by Gasteiger charge is 2.28. The van der Waals surface area contributed by atoms with Gasteiger partial charge in [0.15, 0.2) is 5.13 Å². The van der Waals surface area contributed by atoms with Crippen LogP contribution < -0.4 is 10.2 Å². The molecule has 1 aromatic heterocycles. The second kappa shape index (κ2) is 6.35. The molecule has 0 radical (unpaired) electrons. The Kier molecular flexibility index (Phi) is 4.43. The van der Waals surface area contributed by atoms with Crippen LogP contribution >= 0.6 is 11.3 Å². The van der Waals surface area contributed by atoms with Crippen LogP contribution in [0.25, 0.3) is 10.2 Å². The molecular formula is C17H23N3O2S. The Balaban J connectivity index is 1.65. The molecule has 1 amide bonds. The number of para-hydroxylation sites is 1. The number of fused-ring (bicyclic) bond motifs is 1. The second-order valence-electron chi connectivity index (χ2n) is 6.84. The molecule has 0 spiro atoms. The van der Waals surface area contributed by atoms with E-state index >= 15 is 0 Å². The van der Waals surface area contributed by atoms with Gasteiger partial charge in [0, 0.05) is 19.1 Å². The zero-order valence-corrected chi connectivity index (χ0v) is 14.7. The summed E-state index contributed by atoms with van der Waals surface area (Å²) < 4.78 is 6.51. The molecule has 1 fully saturated rings. The monoisotopic (exact) mass is 333 g/mol. The average Bonchev–Trinajstić information content (AvgIpc) is 3.09. The molecule has 124 valence electrons. The smallest absolute Gasteiger partial charge is 0.407 e. The summed E-state index contributed by atoms with van der Waals surface area (Å²) in [5.41, 5.74) is 0.574. The number of ether oxygens (including phenoxy) is 1. The quantitative estimate of drug-likeness (QED) is 0.928. The third-order valence-electron chi connectivity index (χ3n) is 3.79. The van der Waals surface area contributed by atoms with Crippen molar-refractivity contribution < 1.29 is 9.53 Å². The minimum absolute atomic E-state index is 0.281. The lowest BCUT2D eigenvalue weighted by molar-refractivity contribution is 0.0525. The molecule has 0 aliphatic carbocycles. The van der Waals surface area contributed by atoms with E-state index in [1.165, 1.54) is 4.70 Å². The van der Waals surface area contributed by atoms with Crippen molar-refractivity contribution in [2.24, 2.45) is 0 Å². The van der Waals surface area contributed by atoms with Crippen molar-refractivity contribution in [3.8, 4) is 0 Å². The standard InChI is InChI=1S/C17H23N3O2S/c1-17(2,3)22-16(21)18-11-12-7-6-10-20(12)15-19-13-8-4-5-9-14(13)23-15/h4-5,8-9,12H,6-7,10-11H2,1-3H3,(H,18,21)/t12-/m0/s1. The normalized spacial score (nSPS) is 18.4. The molecule has 1 atom stereocenters. The molecule has 3 rings (SSSR count). The van der Waals surface area contributed by atoms with Crippen molar-refractivity contribution in [2.75, 3.05) is 18.0 Å². The van der Waals surface area contributed by atoms with Gasteiger partial charge >= 0.3 is 6.09 Å². The summed E-state index contributed by atoms with van der Waals surface area (Å²) >= 11 is 1.71. The summed E-state index contributed by atoms with van der Waals surface area (Å²) in [4.78, 5) is 18.9. The highest BCUT2D eigenvalue weighted by atomic mass is 32.1. The second-order valence-corrected chi connectivity index (χ2v) is 7.85. The van der Waals surface area contributed by atoms with Crippen molar-refractivity contribution in [1.82, 2.24) is 10.3 Å². The number of rotatable bonds is 3. The number of carbonyl (C=O) groups excluding carboxylic acids is 1. The maximum Gasteiger partial charge on any atom is 0.407 e. The molecule has 2 heterocycles. The fourth-order valence-corrected chi connectivity index (χ4v) is 3.86. The van der Waals surface area contributed by atoms with Gasteiger partial charge in [-0.3, -0.25) is 0 Å². The summed E-state index contributed by atoms with van der Waals surface area (Å²) in [6, 6.07) is 8.47. The zero-order valence-electron chi connectivity index (χ0n) is 13.8. The van der Waals surface area contributed by atoms with Gasteiger partial charge in [0.25, 0.3) is 0 Å². The van der Waals surface area contributed by atoms with Crippen LogP contribution in [0, 0.1) is 0 Å². The van der Waals surface area contributed by atoms with Crippen molar-refractivity contribution in [3.05, 3.63) is 24.3 Å². The number of amides is 1. The molecule has 1 aliphatic rings. The van der Waals surface area contributed by atoms with E-state index in [4.69, 9.17) is 9.72 Å². The van der Waals surface area contributed by atoms with Crippen LogP contribution in [0.3, 0.4) is 0 Å². The van der Waals surface area contributed by atoms with Crippen molar-refractivity contribution in [1.29, 1.82) is 0 Å². The van der Waals surface area contributed by atoms with E-state index in [1.807, 2.05) is 39.0 Å². The number of alkyl carbamates (subject to hydrolysis) is 1. The fraction of sp³-hybridized carbons (Fsp3) is 0.529. The minimum Gasteiger partial charge on any atom is -0.444 e. The van der Waals surface area contributed by atoms with Gasteiger partial charge in [-0.15, -0.1) is 0 Å². The Hall–Kier alpha value is -1.82. The summed E-state index contributed by atoms with van der Waals surface area (Å²) in [6.07, 6.45) is 1.83. The fourth-order valence-electron chi connectivity index (χ4n) is 2.80. The molecule has 1 aliphatic heterocycles. The number of hydrogen-bond acceptors (Lipinski definition) is 5. The van der Waals surface area contributed by atoms with E-state index < -0.39 is 5.60 Å². The Morgan fingerprint density at radius 1 is 1.43 bits per heavy atom. The summed E-state index contributed by atoms with van der Waals surface area (Å²) in [5, 5.41) is 3.93. The van der Waals surface area contributed by atoms with Gasteiger partial charge in [-0.2, -0.15) is 0 Å². The number of hydrogen-bond donors (Lipinski definition) is 1. The number of thiazole rings is 1. The number of benzene rings is 1. The first-order valence-electron chi connectivity index (χ1n) is 8.01. The van der Waals surface area contributed by atoms with Crippen LogP contribution in [-0.4, -0.2) is 35.8 Å². The molecule has 0 unspecified atom stereocenters. The predicted octanol–water partition coefficient (Wildman–Crippen LogP) is 3.79. The van der Waals surface area contributed by atoms with Crippen LogP contribution in [0.15, 0.2) is 24.3 Å². The number of anilines is 1. The van der Waals surface area contributed by atoms with Crippen LogP contribution in [-0.2, 0) is 4.74 Å². The molecule has 0 bridgehead atoms. The Morgan fingerprint density at radius 3 is 2.96 bits per heavy atom. The first-order chi connectivity index (χ1) is 10.9. The third kappa shape index (κ3) is 3.93. The molecule has 0 saturated carbocycles. The SMILES string of the molecule is CC(C)(C)OC(=O)NC[C@@H]1CCCN1c1nc2ccccc2s1. The van der Waals surface area contributed by atoms with E-state index in [9.17, 15) is 4.79 Å². The highest BCUT2D eigenvalue weighted by Crippen LogP contribution is 2.32. The molecule has 23 heavy (non-hydrogen) atoms. The van der Waals surface area contributed by atoms with Gasteiger partial charge in [0.2, 0.25) is 0 Å². The van der Waals surface area contributed by atoms with Crippen LogP contribution in [0.1, 0.15) is 33.6 Å². The van der Waals surface area contributed by atoms with Crippen LogP contribution in [0.4, 0.5) is 9.93 Å². The molecule has 1 N–H and O–H groups in total. The Morgan fingerprint density at radius 2 is 2.22 bits per heavy atom. The van der Waals surface area contributed by atoms with E-state index in [2.05, 4.69) is 16.3 Å². The lowest BCUT2D eigenvalue weighted by Crippen LogP contribution is -2.42. The molecule has 2 aromatic rings. The zero-order chi connectivity index (χ0) is 16.4. The summed E-state index contributed by atoms with van der Waals surface area (Å²) in [5.74, 6) is 0. The largest absolute Gasteiger partial charge is 0.444 e. The van der Waals surface area contributed by atoms with Gasteiger partial charge in [0.1, 0.15) is 5.60 Å². The van der Waals surface area contributed by atoms with E-state index in [-0.39, 0.29) is 12.1 Å². The number of nitrogens with one attached hydrogen (secondary N) is 1. The summed E-state index contributed by atoms with van der Waals surface area (Å²) in [6.45, 7) is 7.19. The molecule has 1 saturated heterocycles. The number of aromatic nitrogens is 1. The van der Waals surface area contributed by atoms with Crippen molar-refractivity contribution >= 4 is 32.8 Å². The van der Waals surface area contributed by atoms with Gasteiger partial charge in [-0.1, -0.05) is 23.5 Å². The molecule has 6 heteroatoms. The lowest BCUT2D eigenvalue weighted by atomic mass is 10.2. The Labute approximate surface area is 140 Å². The minimum atomic E-state index is -0.466. The van der Waals surface area contributed by atoms with Crippen LogP contribution in [0.5, 0.6) is 0 Å². The van der Waals surface area contributed by atoms with Gasteiger partial charge in [-0.05, 0) is 45.7 Å². The van der Waals surface area contributed by atoms with E-state index in [1.54, 1.807) is 11.3 Å². The molecule has 1 aromatic carbocycles. The molecular weight excluding hydrogens is 310 g/mol. The van der Waals surface area contributed by atoms with Crippen LogP contribution in [0.2, 0.25) is 0 Å². The maximum atomic E-state index is 11.8. The lowest BCUT2D eigenvalue weighted by Gasteiger charge is -2.25. The predicted molar refractivity (Wildman–Crippen MR) is 94.2 cm³/mol. The van der Waals surface area contributed by atoms with Crippen molar-refractivity contribution in [2.45, 2.75) is 45.3 Å². The number of carbonyl (C=O) groups is 1. The van der Waals surface area contributed by atoms with Gasteiger partial charge in [-0.25, -0.2) is 9.78 Å². The third-order valence-corrected chi connectivity index (χ3v) is 4.86. The average molecular weight is 333 g/mol. The first kappa shape index (κ1) is 16.1. The molecule has 5 nitrogen and oxygen atoms in total. The first-order valence-corrected chi connectivity index (χ1v) is 8.83. The van der Waals surface area contributed by atoms with Gasteiger partial charge < -0.3 is 15.0 Å². The van der Waals surface area contributed by atoms with Gasteiger partial charge in [0.05, 0.1) is 10.2 Å². The van der Waals surface area contributed by atoms with E-state index in [0.29, 0.717) is 6.54 Å². The summed E-state index contributed by atoms with van der Waals surface area (Å²) in [7, 11) is 0. The highest BCUT2D eigenvalue weighted by molar-refractivity contribution is 7.22. The van der Waals surface area contributed by atoms with Crippen molar-refractivity contribution in [3.63, 3.8) is 0 Å². The topological polar surface area (TPSA) is 54.5 Å². The Bertz CT molecular complexity index is 659. The maximum absolute atomic E-state index is 11.8. The number of nitrogens with zero attached hydrogens (tertiary/aromatic N) is 2. The van der Waals surface area contributed by atoms with E-state index in [0.717, 1.165) is 30.0 Å².